The maximum Gasteiger partial charge on any atom is 0.125 e. The summed E-state index contributed by atoms with van der Waals surface area (Å²) in [4.78, 5) is 0. The molecule has 3 rings (SSSR count). The Kier molecular flexibility index (Phi) is 2.74. The monoisotopic (exact) mass is 235 g/mol. The molecular weight excluding hydrogens is 222 g/mol. The van der Waals surface area contributed by atoms with Crippen LogP contribution in [0.15, 0.2) is 54.6 Å². The maximum atomic E-state index is 9.30. The molecular formula is C16H13NO. The van der Waals surface area contributed by atoms with E-state index >= 15 is 0 Å². The van der Waals surface area contributed by atoms with Crippen LogP contribution in [0.3, 0.4) is 0 Å². The topological polar surface area (TPSA) is 33.0 Å². The van der Waals surface area contributed by atoms with Crippen molar-refractivity contribution in [3.05, 3.63) is 65.7 Å². The van der Waals surface area contributed by atoms with E-state index in [-0.39, 0.29) is 12.0 Å². The van der Waals surface area contributed by atoms with E-state index in [1.54, 1.807) is 0 Å². The molecule has 0 aliphatic carbocycles. The van der Waals surface area contributed by atoms with Crippen LogP contribution in [0, 0.1) is 11.3 Å². The second kappa shape index (κ2) is 4.54. The van der Waals surface area contributed by atoms with Crippen molar-refractivity contribution in [2.75, 3.05) is 0 Å². The van der Waals surface area contributed by atoms with Crippen molar-refractivity contribution in [3.8, 4) is 11.8 Å². The molecule has 2 atom stereocenters. The van der Waals surface area contributed by atoms with Gasteiger partial charge < -0.3 is 4.74 Å². The number of fused-ring (bicyclic) bond motifs is 1. The zero-order chi connectivity index (χ0) is 12.4. The molecule has 0 bridgehead atoms. The summed E-state index contributed by atoms with van der Waals surface area (Å²) in [7, 11) is 0. The number of ether oxygens (including phenoxy) is 1. The molecule has 2 nitrogen and oxygen atoms in total. The fourth-order valence-electron chi connectivity index (χ4n) is 2.41. The third-order valence-electron chi connectivity index (χ3n) is 3.34. The summed E-state index contributed by atoms with van der Waals surface area (Å²) in [6.07, 6.45) is 0.697. The van der Waals surface area contributed by atoms with Crippen LogP contribution in [0.5, 0.6) is 5.75 Å². The Balaban J connectivity index is 1.98. The lowest BCUT2D eigenvalue weighted by atomic mass is 9.88. The van der Waals surface area contributed by atoms with Gasteiger partial charge in [-0.15, -0.1) is 0 Å². The number of benzene rings is 2. The lowest BCUT2D eigenvalue weighted by molar-refractivity contribution is 0.170. The molecule has 1 aliphatic rings. The number of nitrogens with zero attached hydrogens (tertiary/aromatic N) is 1. The minimum absolute atomic E-state index is 0.0225. The Hall–Kier alpha value is -2.27. The molecule has 2 aromatic carbocycles. The summed E-state index contributed by atoms with van der Waals surface area (Å²) in [6.45, 7) is 0. The molecule has 0 fully saturated rings. The molecule has 1 heterocycles. The average Bonchev–Trinajstić information content (AvgIpc) is 2.47. The average molecular weight is 235 g/mol. The highest BCUT2D eigenvalue weighted by molar-refractivity contribution is 5.42. The van der Waals surface area contributed by atoms with E-state index in [0.29, 0.717) is 0 Å². The predicted octanol–water partition coefficient (Wildman–Crippen LogP) is 3.82. The number of rotatable bonds is 1. The summed E-state index contributed by atoms with van der Waals surface area (Å²) >= 11 is 0. The minimum atomic E-state index is -0.0832. The Bertz CT molecular complexity index is 586. The first-order valence-electron chi connectivity index (χ1n) is 6.08. The second-order valence-corrected chi connectivity index (χ2v) is 4.47. The van der Waals surface area contributed by atoms with Gasteiger partial charge in [-0.05, 0) is 11.6 Å². The predicted molar refractivity (Wildman–Crippen MR) is 69.2 cm³/mol. The molecule has 0 aromatic heterocycles. The van der Waals surface area contributed by atoms with Crippen molar-refractivity contribution in [2.45, 2.75) is 18.4 Å². The van der Waals surface area contributed by atoms with Gasteiger partial charge in [-0.1, -0.05) is 48.5 Å². The van der Waals surface area contributed by atoms with Crippen molar-refractivity contribution in [3.63, 3.8) is 0 Å². The number of nitriles is 1. The first-order valence-corrected chi connectivity index (χ1v) is 6.08. The van der Waals surface area contributed by atoms with Crippen LogP contribution in [0.1, 0.15) is 29.6 Å². The van der Waals surface area contributed by atoms with E-state index < -0.39 is 0 Å². The highest BCUT2D eigenvalue weighted by Crippen LogP contribution is 2.41. The van der Waals surface area contributed by atoms with Gasteiger partial charge in [0.05, 0.1) is 12.0 Å². The van der Waals surface area contributed by atoms with Gasteiger partial charge in [0.2, 0.25) is 0 Å². The molecule has 2 aromatic rings. The van der Waals surface area contributed by atoms with Gasteiger partial charge in [-0.2, -0.15) is 5.26 Å². The van der Waals surface area contributed by atoms with Crippen molar-refractivity contribution < 1.29 is 4.74 Å². The number of para-hydroxylation sites is 1. The van der Waals surface area contributed by atoms with Gasteiger partial charge in [0.25, 0.3) is 0 Å². The SMILES string of the molecule is N#C[C@H]1C[C@H](c2ccccc2)Oc2ccccc21. The van der Waals surface area contributed by atoms with Gasteiger partial charge in [0.1, 0.15) is 11.9 Å². The van der Waals surface area contributed by atoms with Crippen molar-refractivity contribution in [1.29, 1.82) is 5.26 Å². The van der Waals surface area contributed by atoms with Gasteiger partial charge in [0.15, 0.2) is 0 Å². The van der Waals surface area contributed by atoms with Crippen molar-refractivity contribution in [2.24, 2.45) is 0 Å². The molecule has 1 aliphatic heterocycles. The van der Waals surface area contributed by atoms with E-state index in [4.69, 9.17) is 4.74 Å². The smallest absolute Gasteiger partial charge is 0.125 e. The highest BCUT2D eigenvalue weighted by atomic mass is 16.5. The van der Waals surface area contributed by atoms with E-state index in [1.165, 1.54) is 0 Å². The van der Waals surface area contributed by atoms with Crippen LogP contribution >= 0.6 is 0 Å². The normalized spacial score (nSPS) is 21.5. The lowest BCUT2D eigenvalue weighted by Gasteiger charge is -2.29. The van der Waals surface area contributed by atoms with E-state index in [2.05, 4.69) is 6.07 Å². The van der Waals surface area contributed by atoms with Gasteiger partial charge >= 0.3 is 0 Å². The fraction of sp³-hybridized carbons (Fsp3) is 0.188. The van der Waals surface area contributed by atoms with Crippen LogP contribution in [-0.2, 0) is 0 Å². The molecule has 0 amide bonds. The second-order valence-electron chi connectivity index (χ2n) is 4.47. The van der Waals surface area contributed by atoms with Gasteiger partial charge in [0, 0.05) is 12.0 Å². The van der Waals surface area contributed by atoms with Crippen LogP contribution < -0.4 is 4.74 Å². The molecule has 88 valence electrons. The van der Waals surface area contributed by atoms with Crippen LogP contribution in [0.2, 0.25) is 0 Å². The van der Waals surface area contributed by atoms with Crippen LogP contribution in [0.4, 0.5) is 0 Å². The zero-order valence-electron chi connectivity index (χ0n) is 9.91. The zero-order valence-corrected chi connectivity index (χ0v) is 9.91. The summed E-state index contributed by atoms with van der Waals surface area (Å²) in [6, 6.07) is 20.3. The lowest BCUT2D eigenvalue weighted by Crippen LogP contribution is -2.18. The fourth-order valence-corrected chi connectivity index (χ4v) is 2.41. The van der Waals surface area contributed by atoms with Crippen LogP contribution in [-0.4, -0.2) is 0 Å². The third-order valence-corrected chi connectivity index (χ3v) is 3.34. The molecule has 0 unspecified atom stereocenters. The summed E-state index contributed by atoms with van der Waals surface area (Å²) in [5.41, 5.74) is 2.14. The van der Waals surface area contributed by atoms with Crippen molar-refractivity contribution >= 4 is 0 Å². The Labute approximate surface area is 106 Å². The quantitative estimate of drug-likeness (QED) is 0.752. The summed E-state index contributed by atoms with van der Waals surface area (Å²) in [5.74, 6) is 0.754. The van der Waals surface area contributed by atoms with E-state index in [9.17, 15) is 5.26 Å². The Morgan fingerprint density at radius 2 is 1.72 bits per heavy atom. The maximum absolute atomic E-state index is 9.30. The molecule has 0 saturated heterocycles. The molecule has 0 spiro atoms. The Morgan fingerprint density at radius 3 is 2.50 bits per heavy atom. The summed E-state index contributed by atoms with van der Waals surface area (Å²) < 4.78 is 6.00. The number of hydrogen-bond acceptors (Lipinski definition) is 2. The highest BCUT2D eigenvalue weighted by Gasteiger charge is 2.28. The first-order chi connectivity index (χ1) is 8.88. The standard InChI is InChI=1S/C16H13NO/c17-11-13-10-16(12-6-2-1-3-7-12)18-15-9-5-4-8-14(13)15/h1-9,13,16H,10H2/t13-,16-/m1/s1. The molecule has 0 N–H and O–H groups in total. The molecule has 18 heavy (non-hydrogen) atoms. The van der Waals surface area contributed by atoms with Gasteiger partial charge in [-0.3, -0.25) is 0 Å². The minimum Gasteiger partial charge on any atom is -0.485 e. The van der Waals surface area contributed by atoms with Crippen LogP contribution in [0.25, 0.3) is 0 Å². The third kappa shape index (κ3) is 1.84. The van der Waals surface area contributed by atoms with E-state index in [1.807, 2.05) is 54.6 Å². The molecule has 0 radical (unpaired) electrons. The Morgan fingerprint density at radius 1 is 1.00 bits per heavy atom. The summed E-state index contributed by atoms with van der Waals surface area (Å²) in [5, 5.41) is 9.30. The van der Waals surface area contributed by atoms with Crippen molar-refractivity contribution in [1.82, 2.24) is 0 Å². The first kappa shape index (κ1) is 10.9. The number of hydrogen-bond donors (Lipinski definition) is 0. The largest absolute Gasteiger partial charge is 0.485 e. The van der Waals surface area contributed by atoms with Gasteiger partial charge in [-0.25, -0.2) is 0 Å². The van der Waals surface area contributed by atoms with E-state index in [0.717, 1.165) is 23.3 Å². The molecule has 0 saturated carbocycles. The molecule has 2 heteroatoms.